The zero-order valence-electron chi connectivity index (χ0n) is 12.3. The minimum atomic E-state index is 0. The average Bonchev–Trinajstić information content (AvgIpc) is 2.86. The molecule has 1 aromatic heterocycles. The molecular formula is C13H26IN5. The molecule has 0 saturated carbocycles. The molecule has 0 aliphatic carbocycles. The molecule has 0 fully saturated rings. The van der Waals surface area contributed by atoms with E-state index in [1.165, 1.54) is 0 Å². The van der Waals surface area contributed by atoms with E-state index in [4.69, 9.17) is 0 Å². The molecule has 19 heavy (non-hydrogen) atoms. The molecule has 0 saturated heterocycles. The second-order valence-corrected chi connectivity index (χ2v) is 4.74. The van der Waals surface area contributed by atoms with Gasteiger partial charge in [-0.15, -0.1) is 24.0 Å². The maximum atomic E-state index is 4.22. The summed E-state index contributed by atoms with van der Waals surface area (Å²) in [4.78, 5) is 4.22. The zero-order chi connectivity index (χ0) is 13.4. The van der Waals surface area contributed by atoms with Crippen LogP contribution in [0.25, 0.3) is 0 Å². The van der Waals surface area contributed by atoms with Crippen molar-refractivity contribution >= 4 is 29.9 Å². The maximum absolute atomic E-state index is 4.22. The van der Waals surface area contributed by atoms with Crippen molar-refractivity contribution in [3.63, 3.8) is 0 Å². The molecule has 0 aliphatic heterocycles. The van der Waals surface area contributed by atoms with E-state index < -0.39 is 0 Å². The number of hydrogen-bond donors (Lipinski definition) is 2. The number of halogens is 1. The van der Waals surface area contributed by atoms with Gasteiger partial charge in [0, 0.05) is 38.6 Å². The minimum Gasteiger partial charge on any atom is -0.356 e. The highest BCUT2D eigenvalue weighted by molar-refractivity contribution is 14.0. The van der Waals surface area contributed by atoms with Gasteiger partial charge in [-0.25, -0.2) is 0 Å². The molecule has 2 unspecified atom stereocenters. The number of rotatable bonds is 6. The molecular weight excluding hydrogens is 353 g/mol. The van der Waals surface area contributed by atoms with Crippen molar-refractivity contribution in [3.8, 4) is 0 Å². The highest BCUT2D eigenvalue weighted by Crippen LogP contribution is 1.98. The molecule has 2 N–H and O–H groups in total. The summed E-state index contributed by atoms with van der Waals surface area (Å²) in [5, 5.41) is 10.9. The monoisotopic (exact) mass is 379 g/mol. The van der Waals surface area contributed by atoms with Crippen molar-refractivity contribution in [2.45, 2.75) is 39.8 Å². The van der Waals surface area contributed by atoms with Gasteiger partial charge in [-0.05, 0) is 25.3 Å². The molecule has 6 heteroatoms. The summed E-state index contributed by atoms with van der Waals surface area (Å²) < 4.78 is 1.96. The van der Waals surface area contributed by atoms with Crippen LogP contribution in [0.2, 0.25) is 0 Å². The Bertz CT molecular complexity index is 350. The summed E-state index contributed by atoms with van der Waals surface area (Å²) in [5.74, 6) is 1.37. The highest BCUT2D eigenvalue weighted by atomic mass is 127. The van der Waals surface area contributed by atoms with E-state index in [2.05, 4.69) is 41.5 Å². The van der Waals surface area contributed by atoms with E-state index in [-0.39, 0.29) is 24.0 Å². The lowest BCUT2D eigenvalue weighted by molar-refractivity contribution is 0.442. The first-order valence-corrected chi connectivity index (χ1v) is 6.60. The van der Waals surface area contributed by atoms with Crippen LogP contribution >= 0.6 is 24.0 Å². The van der Waals surface area contributed by atoms with E-state index >= 15 is 0 Å². The van der Waals surface area contributed by atoms with Crippen LogP contribution in [0.15, 0.2) is 23.5 Å². The number of aromatic nitrogens is 2. The second-order valence-electron chi connectivity index (χ2n) is 4.74. The van der Waals surface area contributed by atoms with Crippen molar-refractivity contribution < 1.29 is 0 Å². The van der Waals surface area contributed by atoms with Gasteiger partial charge in [0.15, 0.2) is 5.96 Å². The molecule has 0 radical (unpaired) electrons. The fraction of sp³-hybridized carbons (Fsp3) is 0.692. The number of guanidine groups is 1. The van der Waals surface area contributed by atoms with Gasteiger partial charge < -0.3 is 10.6 Å². The van der Waals surface area contributed by atoms with Crippen LogP contribution in [0, 0.1) is 5.92 Å². The first kappa shape index (κ1) is 18.2. The molecule has 0 amide bonds. The summed E-state index contributed by atoms with van der Waals surface area (Å²) in [6.45, 7) is 8.31. The fourth-order valence-electron chi connectivity index (χ4n) is 1.59. The summed E-state index contributed by atoms with van der Waals surface area (Å²) >= 11 is 0. The van der Waals surface area contributed by atoms with Crippen molar-refractivity contribution in [2.24, 2.45) is 10.9 Å². The summed E-state index contributed by atoms with van der Waals surface area (Å²) in [7, 11) is 1.80. The van der Waals surface area contributed by atoms with Crippen LogP contribution in [0.5, 0.6) is 0 Å². The Morgan fingerprint density at radius 2 is 2.16 bits per heavy atom. The Balaban J connectivity index is 0.00000324. The zero-order valence-corrected chi connectivity index (χ0v) is 14.6. The Morgan fingerprint density at radius 1 is 1.42 bits per heavy atom. The van der Waals surface area contributed by atoms with E-state index in [9.17, 15) is 0 Å². The molecule has 5 nitrogen and oxygen atoms in total. The van der Waals surface area contributed by atoms with Gasteiger partial charge >= 0.3 is 0 Å². The third kappa shape index (κ3) is 7.39. The first-order valence-electron chi connectivity index (χ1n) is 6.60. The number of nitrogens with zero attached hydrogens (tertiary/aromatic N) is 3. The lowest BCUT2D eigenvalue weighted by Gasteiger charge is -2.19. The highest BCUT2D eigenvalue weighted by Gasteiger charge is 2.06. The summed E-state index contributed by atoms with van der Waals surface area (Å²) in [6.07, 6.45) is 4.88. The number of nitrogens with one attached hydrogen (secondary N) is 2. The van der Waals surface area contributed by atoms with E-state index in [1.807, 2.05) is 23.1 Å². The largest absolute Gasteiger partial charge is 0.356 e. The predicted octanol–water partition coefficient (Wildman–Crippen LogP) is 2.10. The van der Waals surface area contributed by atoms with E-state index in [0.29, 0.717) is 12.0 Å². The van der Waals surface area contributed by atoms with Gasteiger partial charge in [0.2, 0.25) is 0 Å². The molecule has 1 aromatic rings. The smallest absolute Gasteiger partial charge is 0.191 e. The molecule has 1 rings (SSSR count). The Labute approximate surface area is 133 Å². The number of hydrogen-bond acceptors (Lipinski definition) is 2. The molecule has 0 aromatic carbocycles. The third-order valence-electron chi connectivity index (χ3n) is 2.89. The quantitative estimate of drug-likeness (QED) is 0.452. The van der Waals surface area contributed by atoms with Gasteiger partial charge in [0.05, 0.1) is 0 Å². The van der Waals surface area contributed by atoms with Gasteiger partial charge in [-0.3, -0.25) is 9.67 Å². The minimum absolute atomic E-state index is 0. The fourth-order valence-corrected chi connectivity index (χ4v) is 1.59. The molecule has 0 bridgehead atoms. The SMILES string of the molecule is CCC(C)NC(=NC)NCC(C)Cn1cccn1.I. The second kappa shape index (κ2) is 10.1. The molecule has 110 valence electrons. The average molecular weight is 379 g/mol. The summed E-state index contributed by atoms with van der Waals surface area (Å²) in [5.41, 5.74) is 0. The van der Waals surface area contributed by atoms with Crippen LogP contribution in [0.3, 0.4) is 0 Å². The maximum Gasteiger partial charge on any atom is 0.191 e. The lowest BCUT2D eigenvalue weighted by Crippen LogP contribution is -2.43. The van der Waals surface area contributed by atoms with Crippen molar-refractivity contribution in [1.82, 2.24) is 20.4 Å². The van der Waals surface area contributed by atoms with Gasteiger partial charge in [-0.2, -0.15) is 5.10 Å². The van der Waals surface area contributed by atoms with Crippen molar-refractivity contribution in [3.05, 3.63) is 18.5 Å². The number of aliphatic imine (C=N–C) groups is 1. The molecule has 0 spiro atoms. The standard InChI is InChI=1S/C13H25N5.HI/c1-5-12(3)17-13(14-4)15-9-11(2)10-18-8-6-7-16-18;/h6-8,11-12H,5,9-10H2,1-4H3,(H2,14,15,17);1H. The molecule has 2 atom stereocenters. The summed E-state index contributed by atoms with van der Waals surface area (Å²) in [6, 6.07) is 2.39. The Morgan fingerprint density at radius 3 is 2.68 bits per heavy atom. The van der Waals surface area contributed by atoms with E-state index in [1.54, 1.807) is 7.05 Å². The topological polar surface area (TPSA) is 54.2 Å². The van der Waals surface area contributed by atoms with Gasteiger partial charge in [-0.1, -0.05) is 13.8 Å². The Kier molecular flexibility index (Phi) is 9.63. The first-order chi connectivity index (χ1) is 8.65. The normalized spacial score (nSPS) is 14.4. The van der Waals surface area contributed by atoms with Crippen LogP contribution < -0.4 is 10.6 Å². The lowest BCUT2D eigenvalue weighted by atomic mass is 10.2. The third-order valence-corrected chi connectivity index (χ3v) is 2.89. The van der Waals surface area contributed by atoms with Crippen LogP contribution in [0.4, 0.5) is 0 Å². The van der Waals surface area contributed by atoms with Gasteiger partial charge in [0.25, 0.3) is 0 Å². The van der Waals surface area contributed by atoms with E-state index in [0.717, 1.165) is 25.5 Å². The predicted molar refractivity (Wildman–Crippen MR) is 91.1 cm³/mol. The van der Waals surface area contributed by atoms with Crippen LogP contribution in [-0.4, -0.2) is 35.4 Å². The van der Waals surface area contributed by atoms with Crippen LogP contribution in [0.1, 0.15) is 27.2 Å². The van der Waals surface area contributed by atoms with Crippen LogP contribution in [-0.2, 0) is 6.54 Å². The van der Waals surface area contributed by atoms with Gasteiger partial charge in [0.1, 0.15) is 0 Å². The van der Waals surface area contributed by atoms with Crippen molar-refractivity contribution in [2.75, 3.05) is 13.6 Å². The molecule has 0 aliphatic rings. The van der Waals surface area contributed by atoms with Crippen molar-refractivity contribution in [1.29, 1.82) is 0 Å². The molecule has 1 heterocycles. The Hall–Kier alpha value is -0.790.